The highest BCUT2D eigenvalue weighted by Crippen LogP contribution is 2.29. The Morgan fingerprint density at radius 1 is 1.42 bits per heavy atom. The standard InChI is InChI=1S/C10H19NO/c1-5-7(4)9-8(6(2)3)10(12)11-9/h6-9H,5H2,1-4H3,(H,11,12). The van der Waals surface area contributed by atoms with Crippen molar-refractivity contribution in [2.45, 2.75) is 40.2 Å². The fraction of sp³-hybridized carbons (Fsp3) is 0.900. The van der Waals surface area contributed by atoms with Gasteiger partial charge in [0.1, 0.15) is 0 Å². The maximum absolute atomic E-state index is 11.2. The lowest BCUT2D eigenvalue weighted by Gasteiger charge is -2.42. The van der Waals surface area contributed by atoms with Crippen LogP contribution in [0.3, 0.4) is 0 Å². The second-order valence-electron chi connectivity index (χ2n) is 4.19. The third-order valence-corrected chi connectivity index (χ3v) is 2.97. The van der Waals surface area contributed by atoms with Crippen LogP contribution in [0.25, 0.3) is 0 Å². The van der Waals surface area contributed by atoms with Gasteiger partial charge in [-0.15, -0.1) is 0 Å². The summed E-state index contributed by atoms with van der Waals surface area (Å²) in [4.78, 5) is 11.2. The van der Waals surface area contributed by atoms with E-state index in [-0.39, 0.29) is 11.8 Å². The molecular formula is C10H19NO. The third kappa shape index (κ3) is 1.47. The van der Waals surface area contributed by atoms with Crippen LogP contribution < -0.4 is 5.32 Å². The van der Waals surface area contributed by atoms with Crippen LogP contribution in [-0.2, 0) is 4.79 Å². The van der Waals surface area contributed by atoms with Crippen LogP contribution in [-0.4, -0.2) is 11.9 Å². The molecule has 0 aromatic rings. The number of amides is 1. The molecular weight excluding hydrogens is 150 g/mol. The molecule has 1 amide bonds. The van der Waals surface area contributed by atoms with Crippen LogP contribution in [0.2, 0.25) is 0 Å². The molecule has 1 aliphatic heterocycles. The van der Waals surface area contributed by atoms with Crippen molar-refractivity contribution in [1.82, 2.24) is 5.32 Å². The first-order valence-electron chi connectivity index (χ1n) is 4.88. The monoisotopic (exact) mass is 169 g/mol. The molecule has 70 valence electrons. The summed E-state index contributed by atoms with van der Waals surface area (Å²) in [7, 11) is 0. The van der Waals surface area contributed by atoms with Crippen LogP contribution in [0, 0.1) is 17.8 Å². The molecule has 3 unspecified atom stereocenters. The van der Waals surface area contributed by atoms with E-state index in [4.69, 9.17) is 0 Å². The smallest absolute Gasteiger partial charge is 0.225 e. The first kappa shape index (κ1) is 9.56. The molecule has 1 saturated heterocycles. The highest BCUT2D eigenvalue weighted by Gasteiger charge is 2.43. The van der Waals surface area contributed by atoms with Gasteiger partial charge in [-0.1, -0.05) is 34.1 Å². The molecule has 1 fully saturated rings. The Morgan fingerprint density at radius 3 is 2.33 bits per heavy atom. The van der Waals surface area contributed by atoms with E-state index in [0.29, 0.717) is 17.9 Å². The number of carbonyl (C=O) groups is 1. The molecule has 0 bridgehead atoms. The van der Waals surface area contributed by atoms with Crippen LogP contribution in [0.15, 0.2) is 0 Å². The number of hydrogen-bond donors (Lipinski definition) is 1. The number of hydrogen-bond acceptors (Lipinski definition) is 1. The minimum atomic E-state index is 0.246. The normalized spacial score (nSPS) is 31.2. The number of nitrogens with one attached hydrogen (secondary N) is 1. The number of carbonyl (C=O) groups excluding carboxylic acids is 1. The molecule has 1 N–H and O–H groups in total. The van der Waals surface area contributed by atoms with Gasteiger partial charge in [0, 0.05) is 6.04 Å². The van der Waals surface area contributed by atoms with Gasteiger partial charge in [-0.05, 0) is 11.8 Å². The summed E-state index contributed by atoms with van der Waals surface area (Å²) >= 11 is 0. The van der Waals surface area contributed by atoms with Crippen LogP contribution in [0.4, 0.5) is 0 Å². The first-order chi connectivity index (χ1) is 5.57. The van der Waals surface area contributed by atoms with Gasteiger partial charge in [0.15, 0.2) is 0 Å². The molecule has 0 aliphatic carbocycles. The molecule has 12 heavy (non-hydrogen) atoms. The van der Waals surface area contributed by atoms with Crippen molar-refractivity contribution in [3.05, 3.63) is 0 Å². The Labute approximate surface area is 74.7 Å². The zero-order chi connectivity index (χ0) is 9.30. The van der Waals surface area contributed by atoms with E-state index in [9.17, 15) is 4.79 Å². The Hall–Kier alpha value is -0.530. The Morgan fingerprint density at radius 2 is 2.00 bits per heavy atom. The van der Waals surface area contributed by atoms with E-state index in [2.05, 4.69) is 33.0 Å². The summed E-state index contributed by atoms with van der Waals surface area (Å²) in [5.74, 6) is 1.61. The second-order valence-corrected chi connectivity index (χ2v) is 4.19. The van der Waals surface area contributed by atoms with Gasteiger partial charge in [0.25, 0.3) is 0 Å². The Bertz CT molecular complexity index is 177. The average molecular weight is 169 g/mol. The summed E-state index contributed by atoms with van der Waals surface area (Å²) in [5, 5.41) is 2.99. The first-order valence-corrected chi connectivity index (χ1v) is 4.88. The molecule has 1 rings (SSSR count). The molecule has 0 saturated carbocycles. The minimum absolute atomic E-state index is 0.246. The molecule has 0 aromatic carbocycles. The van der Waals surface area contributed by atoms with Gasteiger partial charge < -0.3 is 5.32 Å². The lowest BCUT2D eigenvalue weighted by Crippen LogP contribution is -2.62. The van der Waals surface area contributed by atoms with Gasteiger partial charge in [-0.2, -0.15) is 0 Å². The van der Waals surface area contributed by atoms with E-state index in [0.717, 1.165) is 6.42 Å². The Kier molecular flexibility index (Phi) is 2.76. The van der Waals surface area contributed by atoms with Gasteiger partial charge in [-0.3, -0.25) is 4.79 Å². The zero-order valence-electron chi connectivity index (χ0n) is 8.42. The van der Waals surface area contributed by atoms with Crippen LogP contribution in [0.1, 0.15) is 34.1 Å². The minimum Gasteiger partial charge on any atom is -0.352 e. The van der Waals surface area contributed by atoms with E-state index < -0.39 is 0 Å². The third-order valence-electron chi connectivity index (χ3n) is 2.97. The van der Waals surface area contributed by atoms with Crippen LogP contribution >= 0.6 is 0 Å². The number of rotatable bonds is 3. The summed E-state index contributed by atoms with van der Waals surface area (Å²) < 4.78 is 0. The van der Waals surface area contributed by atoms with Crippen molar-refractivity contribution in [1.29, 1.82) is 0 Å². The van der Waals surface area contributed by atoms with Crippen molar-refractivity contribution in [3.8, 4) is 0 Å². The van der Waals surface area contributed by atoms with E-state index in [1.165, 1.54) is 0 Å². The molecule has 2 nitrogen and oxygen atoms in total. The predicted molar refractivity (Wildman–Crippen MR) is 49.7 cm³/mol. The number of β-lactam (4-membered cyclic amide) rings is 1. The maximum atomic E-state index is 11.2. The summed E-state index contributed by atoms with van der Waals surface area (Å²) in [6.45, 7) is 8.63. The van der Waals surface area contributed by atoms with Gasteiger partial charge in [0.2, 0.25) is 5.91 Å². The summed E-state index contributed by atoms with van der Waals surface area (Å²) in [6, 6.07) is 0.433. The SMILES string of the molecule is CCC(C)C1NC(=O)C1C(C)C. The Balaban J connectivity index is 2.53. The largest absolute Gasteiger partial charge is 0.352 e. The molecule has 0 aromatic heterocycles. The predicted octanol–water partition coefficient (Wildman–Crippen LogP) is 1.80. The maximum Gasteiger partial charge on any atom is 0.225 e. The lowest BCUT2D eigenvalue weighted by molar-refractivity contribution is -0.139. The van der Waals surface area contributed by atoms with Crippen molar-refractivity contribution < 1.29 is 4.79 Å². The van der Waals surface area contributed by atoms with Crippen molar-refractivity contribution in [2.75, 3.05) is 0 Å². The van der Waals surface area contributed by atoms with Gasteiger partial charge in [-0.25, -0.2) is 0 Å². The van der Waals surface area contributed by atoms with E-state index >= 15 is 0 Å². The molecule has 3 atom stereocenters. The second kappa shape index (κ2) is 3.46. The zero-order valence-corrected chi connectivity index (χ0v) is 8.42. The highest BCUT2D eigenvalue weighted by atomic mass is 16.2. The summed E-state index contributed by atoms with van der Waals surface area (Å²) in [5.41, 5.74) is 0. The quantitative estimate of drug-likeness (QED) is 0.641. The summed E-state index contributed by atoms with van der Waals surface area (Å²) in [6.07, 6.45) is 1.15. The van der Waals surface area contributed by atoms with Crippen molar-refractivity contribution in [3.63, 3.8) is 0 Å². The molecule has 1 heterocycles. The van der Waals surface area contributed by atoms with Gasteiger partial charge in [0.05, 0.1) is 5.92 Å². The molecule has 0 radical (unpaired) electrons. The topological polar surface area (TPSA) is 29.1 Å². The molecule has 0 spiro atoms. The molecule has 1 aliphatic rings. The van der Waals surface area contributed by atoms with Crippen LogP contribution in [0.5, 0.6) is 0 Å². The van der Waals surface area contributed by atoms with Gasteiger partial charge >= 0.3 is 0 Å². The van der Waals surface area contributed by atoms with E-state index in [1.54, 1.807) is 0 Å². The average Bonchev–Trinajstić information content (AvgIpc) is 1.97. The lowest BCUT2D eigenvalue weighted by atomic mass is 9.75. The van der Waals surface area contributed by atoms with Crippen molar-refractivity contribution in [2.24, 2.45) is 17.8 Å². The molecule has 2 heteroatoms. The van der Waals surface area contributed by atoms with Crippen molar-refractivity contribution >= 4 is 5.91 Å². The highest BCUT2D eigenvalue weighted by molar-refractivity contribution is 5.86. The fourth-order valence-corrected chi connectivity index (χ4v) is 1.88. The fourth-order valence-electron chi connectivity index (χ4n) is 1.88. The van der Waals surface area contributed by atoms with E-state index in [1.807, 2.05) is 0 Å².